The maximum Gasteiger partial charge on any atom is 0.0567 e. The van der Waals surface area contributed by atoms with Gasteiger partial charge in [0.1, 0.15) is 0 Å². The van der Waals surface area contributed by atoms with Crippen LogP contribution in [0.4, 0.5) is 0 Å². The fourth-order valence-electron chi connectivity index (χ4n) is 5.14. The van der Waals surface area contributed by atoms with Crippen molar-refractivity contribution in [3.8, 4) is 11.3 Å². The Morgan fingerprint density at radius 2 is 1.53 bits per heavy atom. The summed E-state index contributed by atoms with van der Waals surface area (Å²) in [6.45, 7) is 12.9. The normalized spacial score (nSPS) is 14.1. The van der Waals surface area contributed by atoms with E-state index in [0.29, 0.717) is 24.2 Å². The van der Waals surface area contributed by atoms with Crippen molar-refractivity contribution in [2.75, 3.05) is 0 Å². The van der Waals surface area contributed by atoms with E-state index in [-0.39, 0.29) is 32.3 Å². The smallest absolute Gasteiger partial charge is 0.0567 e. The van der Waals surface area contributed by atoms with Crippen LogP contribution < -0.4 is 0 Å². The molecule has 2 N–H and O–H groups in total. The molecule has 0 saturated carbocycles. The van der Waals surface area contributed by atoms with Gasteiger partial charge in [0.25, 0.3) is 0 Å². The number of nitrogens with zero attached hydrogens (tertiary/aromatic N) is 1. The molecular formula is C32H44IrNO2-. The molecule has 3 nitrogen and oxygen atoms in total. The van der Waals surface area contributed by atoms with Gasteiger partial charge < -0.3 is 15.2 Å². The Bertz CT molecular complexity index is 1080. The molecule has 4 rings (SSSR count). The zero-order valence-corrected chi connectivity index (χ0v) is 25.2. The van der Waals surface area contributed by atoms with E-state index in [2.05, 4.69) is 77.9 Å². The molecule has 0 bridgehead atoms. The molecule has 3 aromatic rings. The molecule has 0 spiro atoms. The van der Waals surface area contributed by atoms with Crippen molar-refractivity contribution >= 4 is 10.8 Å². The molecule has 0 amide bonds. The van der Waals surface area contributed by atoms with Crippen molar-refractivity contribution in [2.45, 2.75) is 92.3 Å². The van der Waals surface area contributed by atoms with Crippen LogP contribution in [0.5, 0.6) is 0 Å². The number of aliphatic hydroxyl groups excluding tert-OH is 2. The predicted molar refractivity (Wildman–Crippen MR) is 148 cm³/mol. The summed E-state index contributed by atoms with van der Waals surface area (Å²) in [7, 11) is 0. The number of rotatable bonds is 8. The van der Waals surface area contributed by atoms with Gasteiger partial charge in [0.15, 0.2) is 0 Å². The largest absolute Gasteiger partial charge is 0.393 e. The molecule has 2 aromatic carbocycles. The first kappa shape index (κ1) is 30.6. The molecule has 0 fully saturated rings. The van der Waals surface area contributed by atoms with E-state index in [4.69, 9.17) is 4.98 Å². The average Bonchev–Trinajstić information content (AvgIpc) is 2.77. The van der Waals surface area contributed by atoms with Crippen LogP contribution in [0.3, 0.4) is 0 Å². The Labute approximate surface area is 232 Å². The molecule has 0 aliphatic heterocycles. The number of aryl methyl sites for hydroxylation is 2. The first-order chi connectivity index (χ1) is 16.6. The third kappa shape index (κ3) is 8.77. The zero-order chi connectivity index (χ0) is 25.5. The first-order valence-electron chi connectivity index (χ1n) is 13.4. The summed E-state index contributed by atoms with van der Waals surface area (Å²) in [5.74, 6) is 1.69. The number of hydrogen-bond acceptors (Lipinski definition) is 3. The fraction of sp³-hybridized carbons (Fsp3) is 0.531. The summed E-state index contributed by atoms with van der Waals surface area (Å²) >= 11 is 0. The van der Waals surface area contributed by atoms with Crippen LogP contribution >= 0.6 is 0 Å². The molecule has 4 heteroatoms. The third-order valence-corrected chi connectivity index (χ3v) is 6.56. The molecule has 1 aliphatic carbocycles. The van der Waals surface area contributed by atoms with Crippen molar-refractivity contribution in [1.29, 1.82) is 0 Å². The van der Waals surface area contributed by atoms with Crippen molar-refractivity contribution in [3.05, 3.63) is 65.4 Å². The Balaban J connectivity index is 0.000000285. The Kier molecular flexibility index (Phi) is 12.2. The summed E-state index contributed by atoms with van der Waals surface area (Å²) in [4.78, 5) is 4.75. The molecule has 2 unspecified atom stereocenters. The average molecular weight is 667 g/mol. The predicted octanol–water partition coefficient (Wildman–Crippen LogP) is 7.19. The van der Waals surface area contributed by atoms with Gasteiger partial charge in [0.05, 0.1) is 12.2 Å². The minimum Gasteiger partial charge on any atom is -0.393 e. The van der Waals surface area contributed by atoms with Crippen LogP contribution in [-0.4, -0.2) is 27.4 Å². The van der Waals surface area contributed by atoms with Crippen molar-refractivity contribution in [3.63, 3.8) is 0 Å². The summed E-state index contributed by atoms with van der Waals surface area (Å²) in [6.07, 6.45) is 6.74. The standard InChI is InChI=1S/C21H20N.C11H24O2.Ir/c1-14(2)11-15-7-8-17-13-22-21-18-6-4-3-5-16(18)9-10-19(21)20(17)12-15;1-8(2)5-10(12)7-11(13)6-9(3)4;/h3-5,7-8,12-14H,9-11H2,1-2H3;8-13H,5-7H2,1-4H3;/q-1;;. The number of aromatic nitrogens is 1. The molecular weight excluding hydrogens is 623 g/mol. The van der Waals surface area contributed by atoms with Gasteiger partial charge in [-0.3, -0.25) is 0 Å². The van der Waals surface area contributed by atoms with Gasteiger partial charge >= 0.3 is 0 Å². The zero-order valence-electron chi connectivity index (χ0n) is 22.8. The van der Waals surface area contributed by atoms with E-state index in [1.165, 1.54) is 33.0 Å². The SMILES string of the molecule is CC(C)CC(O)CC(O)CC(C)C.CC(C)Cc1ccc2cnc3c(c2c1)CCc1ccc[c-]c1-3.[Ir]. The van der Waals surface area contributed by atoms with E-state index in [0.717, 1.165) is 37.8 Å². The number of benzene rings is 2. The second-order valence-corrected chi connectivity index (χ2v) is 11.5. The first-order valence-corrected chi connectivity index (χ1v) is 13.4. The second kappa shape index (κ2) is 14.4. The van der Waals surface area contributed by atoms with Crippen LogP contribution in [-0.2, 0) is 39.4 Å². The Morgan fingerprint density at radius 1 is 0.861 bits per heavy atom. The molecule has 1 aromatic heterocycles. The minimum atomic E-state index is -0.339. The van der Waals surface area contributed by atoms with Crippen molar-refractivity contribution < 1.29 is 30.3 Å². The topological polar surface area (TPSA) is 53.4 Å². The van der Waals surface area contributed by atoms with E-state index < -0.39 is 0 Å². The molecule has 0 saturated heterocycles. The summed E-state index contributed by atoms with van der Waals surface area (Å²) in [5, 5.41) is 21.7. The molecule has 199 valence electrons. The number of fused-ring (bicyclic) bond motifs is 5. The molecule has 1 radical (unpaired) electrons. The quantitative estimate of drug-likeness (QED) is 0.251. The monoisotopic (exact) mass is 667 g/mol. The number of aliphatic hydroxyl groups is 2. The van der Waals surface area contributed by atoms with Crippen LogP contribution in [0.1, 0.15) is 77.5 Å². The second-order valence-electron chi connectivity index (χ2n) is 11.5. The van der Waals surface area contributed by atoms with E-state index in [9.17, 15) is 10.2 Å². The maximum atomic E-state index is 9.54. The van der Waals surface area contributed by atoms with E-state index in [1.54, 1.807) is 0 Å². The van der Waals surface area contributed by atoms with Gasteiger partial charge in [-0.15, -0.1) is 35.4 Å². The Hall–Kier alpha value is -1.58. The van der Waals surface area contributed by atoms with Gasteiger partial charge in [0, 0.05) is 26.3 Å². The van der Waals surface area contributed by atoms with Crippen molar-refractivity contribution in [2.24, 2.45) is 17.8 Å². The van der Waals surface area contributed by atoms with Gasteiger partial charge in [-0.1, -0.05) is 71.7 Å². The van der Waals surface area contributed by atoms with E-state index >= 15 is 0 Å². The molecule has 36 heavy (non-hydrogen) atoms. The Morgan fingerprint density at radius 3 is 2.14 bits per heavy atom. The van der Waals surface area contributed by atoms with Gasteiger partial charge in [0.2, 0.25) is 0 Å². The number of pyridine rings is 1. The van der Waals surface area contributed by atoms with Gasteiger partial charge in [-0.2, -0.15) is 0 Å². The van der Waals surface area contributed by atoms with Crippen LogP contribution in [0.2, 0.25) is 0 Å². The summed E-state index contributed by atoms with van der Waals surface area (Å²) < 4.78 is 0. The number of hydrogen-bond donors (Lipinski definition) is 2. The molecule has 1 heterocycles. The van der Waals surface area contributed by atoms with Gasteiger partial charge in [-0.05, 0) is 71.9 Å². The minimum absolute atomic E-state index is 0. The maximum absolute atomic E-state index is 9.54. The van der Waals surface area contributed by atoms with Crippen LogP contribution in [0.25, 0.3) is 22.0 Å². The summed E-state index contributed by atoms with van der Waals surface area (Å²) in [5.41, 5.74) is 6.54. The fourth-order valence-corrected chi connectivity index (χ4v) is 5.14. The van der Waals surface area contributed by atoms with Crippen molar-refractivity contribution in [1.82, 2.24) is 4.98 Å². The molecule has 2 atom stereocenters. The van der Waals surface area contributed by atoms with E-state index in [1.807, 2.05) is 12.3 Å². The summed E-state index contributed by atoms with van der Waals surface area (Å²) in [6, 6.07) is 16.5. The molecule has 1 aliphatic rings. The van der Waals surface area contributed by atoms with Crippen LogP contribution in [0, 0.1) is 23.8 Å². The van der Waals surface area contributed by atoms with Gasteiger partial charge in [-0.25, -0.2) is 0 Å². The third-order valence-electron chi connectivity index (χ3n) is 6.56. The van der Waals surface area contributed by atoms with Crippen LogP contribution in [0.15, 0.2) is 42.6 Å².